The summed E-state index contributed by atoms with van der Waals surface area (Å²) >= 11 is 19.1. The van der Waals surface area contributed by atoms with Gasteiger partial charge in [-0.2, -0.15) is 0 Å². The van der Waals surface area contributed by atoms with E-state index in [0.717, 1.165) is 48.3 Å². The number of amides is 2. The largest absolute Gasteiger partial charge is 0.422 e. The summed E-state index contributed by atoms with van der Waals surface area (Å²) < 4.78 is 13.4. The van der Waals surface area contributed by atoms with Crippen LogP contribution >= 0.6 is 34.8 Å². The summed E-state index contributed by atoms with van der Waals surface area (Å²) in [7, 11) is 0. The van der Waals surface area contributed by atoms with Gasteiger partial charge in [-0.3, -0.25) is 0 Å². The molecule has 2 aliphatic rings. The minimum Gasteiger partial charge on any atom is -0.317 e. The van der Waals surface area contributed by atoms with Crippen molar-refractivity contribution in [3.8, 4) is 0 Å². The predicted molar refractivity (Wildman–Crippen MR) is 149 cm³/mol. The van der Waals surface area contributed by atoms with Crippen LogP contribution in [0.2, 0.25) is 15.2 Å². The zero-order valence-electron chi connectivity index (χ0n) is 20.1. The highest BCUT2D eigenvalue weighted by Crippen LogP contribution is 2.52. The number of carbonyl (C=O) groups excluding carboxylic acids is 1. The zero-order valence-corrected chi connectivity index (χ0v) is 22.4. The molecule has 5 nitrogen and oxygen atoms in total. The average Bonchev–Trinajstić information content (AvgIpc) is 3.13. The third-order valence-electron chi connectivity index (χ3n) is 7.43. The lowest BCUT2D eigenvalue weighted by Gasteiger charge is -2.36. The molecular weight excluding hydrogens is 534 g/mol. The van der Waals surface area contributed by atoms with Gasteiger partial charge in [0.1, 0.15) is 29.7 Å². The number of nitrogens with one attached hydrogen (secondary N) is 2. The first-order valence-electron chi connectivity index (χ1n) is 12.2. The van der Waals surface area contributed by atoms with Gasteiger partial charge in [-0.1, -0.05) is 53.0 Å². The Hall–Kier alpha value is -2.48. The second-order valence-electron chi connectivity index (χ2n) is 9.72. The lowest BCUT2D eigenvalue weighted by molar-refractivity contribution is 0.189. The summed E-state index contributed by atoms with van der Waals surface area (Å²) in [6.45, 7) is 3.04. The molecule has 5 rings (SSSR count). The minimum absolute atomic E-state index is 0.0583. The second kappa shape index (κ2) is 10.7. The summed E-state index contributed by atoms with van der Waals surface area (Å²) in [5, 5.41) is 7.86. The first kappa shape index (κ1) is 26.1. The van der Waals surface area contributed by atoms with Gasteiger partial charge in [0.15, 0.2) is 0 Å². The number of urea groups is 1. The molecule has 2 N–H and O–H groups in total. The number of pyridine rings is 1. The van der Waals surface area contributed by atoms with Gasteiger partial charge in [0.25, 0.3) is 0 Å². The Morgan fingerprint density at radius 2 is 1.81 bits per heavy atom. The Labute approximate surface area is 230 Å². The molecule has 1 fully saturated rings. The molecule has 192 valence electrons. The lowest BCUT2D eigenvalue weighted by Crippen LogP contribution is -2.60. The van der Waals surface area contributed by atoms with E-state index in [1.165, 1.54) is 12.1 Å². The van der Waals surface area contributed by atoms with Crippen molar-refractivity contribution in [2.45, 2.75) is 24.8 Å². The number of nitrogens with zero attached hydrogens (tertiary/aromatic N) is 2. The Bertz CT molecular complexity index is 1340. The van der Waals surface area contributed by atoms with Crippen molar-refractivity contribution in [3.05, 3.63) is 98.5 Å². The maximum atomic E-state index is 14.1. The van der Waals surface area contributed by atoms with Crippen molar-refractivity contribution in [2.75, 3.05) is 26.2 Å². The molecule has 1 spiro atoms. The smallest absolute Gasteiger partial charge is 0.317 e. The van der Waals surface area contributed by atoms with Gasteiger partial charge in [0.05, 0.1) is 15.5 Å². The summed E-state index contributed by atoms with van der Waals surface area (Å²) in [5.74, 6) is -0.288. The Morgan fingerprint density at radius 3 is 2.54 bits per heavy atom. The Kier molecular flexibility index (Phi) is 7.57. The Balaban J connectivity index is 1.54. The van der Waals surface area contributed by atoms with Crippen LogP contribution in [0.15, 0.2) is 60.8 Å². The van der Waals surface area contributed by atoms with E-state index in [4.69, 9.17) is 34.8 Å². The van der Waals surface area contributed by atoms with Crippen molar-refractivity contribution in [1.82, 2.24) is 20.1 Å². The number of fused-ring (bicyclic) bond motifs is 2. The lowest BCUT2D eigenvalue weighted by atomic mass is 9.75. The molecule has 1 saturated heterocycles. The topological polar surface area (TPSA) is 54.0 Å². The summed E-state index contributed by atoms with van der Waals surface area (Å²) in [5.41, 5.74) is 3.47. The average molecular weight is 561 g/mol. The molecule has 0 bridgehead atoms. The normalized spacial score (nSPS) is 20.3. The quantitative estimate of drug-likeness (QED) is 0.268. The highest BCUT2D eigenvalue weighted by Gasteiger charge is 2.57. The van der Waals surface area contributed by atoms with Crippen LogP contribution in [0.3, 0.4) is 0 Å². The fourth-order valence-corrected chi connectivity index (χ4v) is 6.10. The number of carbonyl (C=O) groups is 1. The van der Waals surface area contributed by atoms with Crippen LogP contribution in [0.1, 0.15) is 29.5 Å². The van der Waals surface area contributed by atoms with E-state index >= 15 is 0 Å². The van der Waals surface area contributed by atoms with E-state index in [1.807, 2.05) is 30.4 Å². The maximum absolute atomic E-state index is 14.1. The third-order valence-corrected chi connectivity index (χ3v) is 8.35. The number of hydrogen-bond acceptors (Lipinski definition) is 3. The standard InChI is InChI=1S/C28H26Cl3FN4O/c29-23-15-22-25(16-24(23)30)36(18-28(22)8-11-33-12-9-28,13-1-2-19-3-5-21(32)6-4-19)27(37)35-17-20-7-10-34-26(31)14-20/h1-7,10,14-16,33H,8-9,11-13,17-18H2/p+1/b2-1+. The third kappa shape index (κ3) is 5.27. The molecule has 1 atom stereocenters. The summed E-state index contributed by atoms with van der Waals surface area (Å²) in [6.07, 6.45) is 7.30. The van der Waals surface area contributed by atoms with Crippen LogP contribution in [0.25, 0.3) is 6.08 Å². The molecule has 0 saturated carbocycles. The number of quaternary nitrogens is 1. The fraction of sp³-hybridized carbons (Fsp3) is 0.286. The van der Waals surface area contributed by atoms with Crippen molar-refractivity contribution < 1.29 is 9.18 Å². The molecule has 0 aliphatic carbocycles. The molecule has 3 heterocycles. The van der Waals surface area contributed by atoms with E-state index in [2.05, 4.69) is 15.6 Å². The van der Waals surface area contributed by atoms with Crippen molar-refractivity contribution >= 4 is 52.6 Å². The van der Waals surface area contributed by atoms with E-state index in [9.17, 15) is 9.18 Å². The van der Waals surface area contributed by atoms with Gasteiger partial charge in [-0.25, -0.2) is 18.7 Å². The zero-order chi connectivity index (χ0) is 26.0. The van der Waals surface area contributed by atoms with Crippen LogP contribution < -0.4 is 15.1 Å². The number of hydrogen-bond donors (Lipinski definition) is 2. The maximum Gasteiger partial charge on any atom is 0.422 e. The van der Waals surface area contributed by atoms with E-state index < -0.39 is 0 Å². The van der Waals surface area contributed by atoms with Crippen LogP contribution in [0, 0.1) is 5.82 Å². The van der Waals surface area contributed by atoms with Gasteiger partial charge >= 0.3 is 6.03 Å². The van der Waals surface area contributed by atoms with Crippen molar-refractivity contribution in [1.29, 1.82) is 0 Å². The molecule has 37 heavy (non-hydrogen) atoms. The molecule has 9 heteroatoms. The van der Waals surface area contributed by atoms with Crippen LogP contribution in [-0.4, -0.2) is 37.2 Å². The predicted octanol–water partition coefficient (Wildman–Crippen LogP) is 6.75. The summed E-state index contributed by atoms with van der Waals surface area (Å²) in [6, 6.07) is 13.5. The second-order valence-corrected chi connectivity index (χ2v) is 10.9. The molecule has 2 aliphatic heterocycles. The van der Waals surface area contributed by atoms with Gasteiger partial charge in [0, 0.05) is 24.4 Å². The van der Waals surface area contributed by atoms with Crippen molar-refractivity contribution in [2.24, 2.45) is 0 Å². The molecule has 1 unspecified atom stereocenters. The number of aromatic nitrogens is 1. The number of halogens is 4. The number of rotatable bonds is 5. The molecule has 2 aromatic carbocycles. The van der Waals surface area contributed by atoms with Crippen LogP contribution in [-0.2, 0) is 12.0 Å². The van der Waals surface area contributed by atoms with Crippen LogP contribution in [0.5, 0.6) is 0 Å². The molecular formula is C28H27Cl3FN4O+. The van der Waals surface area contributed by atoms with E-state index in [-0.39, 0.29) is 21.7 Å². The minimum atomic E-state index is -0.288. The first-order chi connectivity index (χ1) is 17.8. The fourth-order valence-electron chi connectivity index (χ4n) is 5.59. The first-order valence-corrected chi connectivity index (χ1v) is 13.3. The Morgan fingerprint density at radius 1 is 1.08 bits per heavy atom. The van der Waals surface area contributed by atoms with Gasteiger partial charge in [-0.15, -0.1) is 0 Å². The molecule has 1 aromatic heterocycles. The number of benzene rings is 2. The van der Waals surface area contributed by atoms with Crippen molar-refractivity contribution in [3.63, 3.8) is 0 Å². The highest BCUT2D eigenvalue weighted by molar-refractivity contribution is 6.42. The monoisotopic (exact) mass is 559 g/mol. The molecule has 2 amide bonds. The van der Waals surface area contributed by atoms with E-state index in [1.54, 1.807) is 24.4 Å². The highest BCUT2D eigenvalue weighted by atomic mass is 35.5. The van der Waals surface area contributed by atoms with Crippen LogP contribution in [0.4, 0.5) is 14.9 Å². The number of piperidine rings is 1. The summed E-state index contributed by atoms with van der Waals surface area (Å²) in [4.78, 5) is 18.2. The molecule has 3 aromatic rings. The van der Waals surface area contributed by atoms with E-state index in [0.29, 0.717) is 34.8 Å². The molecule has 0 radical (unpaired) electrons. The van der Waals surface area contributed by atoms with Gasteiger partial charge in [-0.05, 0) is 73.5 Å². The van der Waals surface area contributed by atoms with Gasteiger partial charge in [0.2, 0.25) is 0 Å². The van der Waals surface area contributed by atoms with Gasteiger partial charge < -0.3 is 10.6 Å². The SMILES string of the molecule is O=C(NCc1ccnc(Cl)c1)[N+]1(C/C=C/c2ccc(F)cc2)CC2(CCNCC2)c2cc(Cl)c(Cl)cc21.